The number of hydrogen-bond acceptors (Lipinski definition) is 7. The summed E-state index contributed by atoms with van der Waals surface area (Å²) in [5.41, 5.74) is 5.92. The highest BCUT2D eigenvalue weighted by Gasteiger charge is 2.21. The second-order valence-electron chi connectivity index (χ2n) is 4.51. The minimum Gasteiger partial charge on any atom is -0.409 e. The Kier molecular flexibility index (Phi) is 5.08. The Hall–Kier alpha value is -1.93. The lowest BCUT2D eigenvalue weighted by molar-refractivity contribution is 0.0157. The minimum absolute atomic E-state index is 0.0326. The summed E-state index contributed by atoms with van der Waals surface area (Å²) < 4.78 is 5.51. The second kappa shape index (κ2) is 7.01. The fourth-order valence-electron chi connectivity index (χ4n) is 2.14. The average molecular weight is 281 g/mol. The van der Waals surface area contributed by atoms with Crippen LogP contribution in [0.1, 0.15) is 18.5 Å². The van der Waals surface area contributed by atoms with E-state index in [9.17, 15) is 0 Å². The molecule has 110 valence electrons. The first-order valence-corrected chi connectivity index (χ1v) is 6.53. The van der Waals surface area contributed by atoms with Gasteiger partial charge in [0, 0.05) is 19.3 Å². The van der Waals surface area contributed by atoms with E-state index in [-0.39, 0.29) is 18.5 Å². The maximum absolute atomic E-state index is 8.73. The normalized spacial score (nSPS) is 17.4. The Morgan fingerprint density at radius 2 is 2.25 bits per heavy atom. The number of aliphatic hydroxyl groups excluding tert-OH is 1. The van der Waals surface area contributed by atoms with E-state index in [0.29, 0.717) is 18.2 Å². The van der Waals surface area contributed by atoms with Crippen molar-refractivity contribution in [1.29, 1.82) is 0 Å². The molecule has 0 saturated carbocycles. The van der Waals surface area contributed by atoms with E-state index in [1.807, 2.05) is 4.90 Å². The maximum Gasteiger partial charge on any atom is 0.225 e. The molecule has 0 spiro atoms. The summed E-state index contributed by atoms with van der Waals surface area (Å²) in [4.78, 5) is 10.5. The van der Waals surface area contributed by atoms with Crippen molar-refractivity contribution in [3.63, 3.8) is 0 Å². The van der Waals surface area contributed by atoms with Gasteiger partial charge in [-0.25, -0.2) is 9.97 Å². The molecule has 1 fully saturated rings. The number of hydrogen-bond donors (Lipinski definition) is 3. The fourth-order valence-corrected chi connectivity index (χ4v) is 2.14. The highest BCUT2D eigenvalue weighted by molar-refractivity contribution is 5.95. The number of nitrogens with two attached hydrogens (primary N) is 1. The standard InChI is InChI=1S/C12H19N5O3/c13-11(16-19)10-1-4-14-12(15-10)17-5-2-9(3-6-17)20-8-7-18/h1,4,9,18-19H,2-3,5-8H2,(H2,13,16). The zero-order valence-electron chi connectivity index (χ0n) is 11.1. The molecular weight excluding hydrogens is 262 g/mol. The van der Waals surface area contributed by atoms with Crippen LogP contribution in [-0.4, -0.2) is 58.5 Å². The third-order valence-corrected chi connectivity index (χ3v) is 3.18. The van der Waals surface area contributed by atoms with Gasteiger partial charge in [0.15, 0.2) is 5.84 Å². The van der Waals surface area contributed by atoms with Crippen LogP contribution in [0.5, 0.6) is 0 Å². The van der Waals surface area contributed by atoms with Crippen LogP contribution in [0.15, 0.2) is 17.4 Å². The Balaban J connectivity index is 1.97. The third kappa shape index (κ3) is 3.55. The molecule has 0 aliphatic carbocycles. The SMILES string of the molecule is N/C(=N/O)c1ccnc(N2CCC(OCCO)CC2)n1. The van der Waals surface area contributed by atoms with Crippen molar-refractivity contribution in [3.05, 3.63) is 18.0 Å². The molecule has 4 N–H and O–H groups in total. The second-order valence-corrected chi connectivity index (χ2v) is 4.51. The minimum atomic E-state index is -0.0326. The zero-order valence-corrected chi connectivity index (χ0v) is 11.1. The highest BCUT2D eigenvalue weighted by atomic mass is 16.5. The number of nitrogens with zero attached hydrogens (tertiary/aromatic N) is 4. The van der Waals surface area contributed by atoms with Crippen LogP contribution in [-0.2, 0) is 4.74 Å². The summed E-state index contributed by atoms with van der Waals surface area (Å²) in [6, 6.07) is 1.59. The largest absolute Gasteiger partial charge is 0.409 e. The molecule has 0 radical (unpaired) electrons. The van der Waals surface area contributed by atoms with E-state index in [1.165, 1.54) is 0 Å². The smallest absolute Gasteiger partial charge is 0.225 e. The van der Waals surface area contributed by atoms with E-state index < -0.39 is 0 Å². The Bertz CT molecular complexity index is 460. The molecule has 1 aromatic heterocycles. The topological polar surface area (TPSA) is 117 Å². The molecule has 0 unspecified atom stereocenters. The monoisotopic (exact) mass is 281 g/mol. The summed E-state index contributed by atoms with van der Waals surface area (Å²) in [5.74, 6) is 0.532. The van der Waals surface area contributed by atoms with Crippen molar-refractivity contribution in [3.8, 4) is 0 Å². The number of aliphatic hydroxyl groups is 1. The van der Waals surface area contributed by atoms with Gasteiger partial charge in [-0.3, -0.25) is 0 Å². The number of amidine groups is 1. The lowest BCUT2D eigenvalue weighted by atomic mass is 10.1. The molecule has 1 saturated heterocycles. The first kappa shape index (κ1) is 14.5. The number of aromatic nitrogens is 2. The van der Waals surface area contributed by atoms with Gasteiger partial charge in [-0.15, -0.1) is 0 Å². The van der Waals surface area contributed by atoms with Crippen LogP contribution in [0.4, 0.5) is 5.95 Å². The molecule has 2 heterocycles. The molecule has 1 aromatic rings. The first-order valence-electron chi connectivity index (χ1n) is 6.53. The van der Waals surface area contributed by atoms with Gasteiger partial charge in [-0.05, 0) is 18.9 Å². The van der Waals surface area contributed by atoms with Crippen LogP contribution in [0.3, 0.4) is 0 Å². The number of rotatable bonds is 5. The van der Waals surface area contributed by atoms with Gasteiger partial charge < -0.3 is 25.7 Å². The van der Waals surface area contributed by atoms with E-state index in [1.54, 1.807) is 12.3 Å². The van der Waals surface area contributed by atoms with Crippen LogP contribution < -0.4 is 10.6 Å². The van der Waals surface area contributed by atoms with Gasteiger partial charge in [0.2, 0.25) is 5.95 Å². The van der Waals surface area contributed by atoms with E-state index in [0.717, 1.165) is 25.9 Å². The summed E-state index contributed by atoms with van der Waals surface area (Å²) in [6.07, 6.45) is 3.48. The van der Waals surface area contributed by atoms with Crippen molar-refractivity contribution >= 4 is 11.8 Å². The highest BCUT2D eigenvalue weighted by Crippen LogP contribution is 2.18. The molecule has 1 aliphatic heterocycles. The van der Waals surface area contributed by atoms with Crippen LogP contribution >= 0.6 is 0 Å². The molecular formula is C12H19N5O3. The molecule has 20 heavy (non-hydrogen) atoms. The molecule has 0 amide bonds. The Morgan fingerprint density at radius 3 is 2.90 bits per heavy atom. The summed E-state index contributed by atoms with van der Waals surface area (Å²) in [5, 5.41) is 20.3. The van der Waals surface area contributed by atoms with Crippen LogP contribution in [0, 0.1) is 0 Å². The molecule has 1 aliphatic rings. The molecule has 8 heteroatoms. The predicted octanol–water partition coefficient (Wildman–Crippen LogP) is -0.451. The van der Waals surface area contributed by atoms with E-state index in [2.05, 4.69) is 15.1 Å². The van der Waals surface area contributed by atoms with Gasteiger partial charge >= 0.3 is 0 Å². The van der Waals surface area contributed by atoms with Gasteiger partial charge in [0.1, 0.15) is 5.69 Å². The van der Waals surface area contributed by atoms with E-state index in [4.69, 9.17) is 20.8 Å². The first-order chi connectivity index (χ1) is 9.74. The number of ether oxygens (including phenoxy) is 1. The van der Waals surface area contributed by atoms with Gasteiger partial charge in [-0.2, -0.15) is 0 Å². The third-order valence-electron chi connectivity index (χ3n) is 3.18. The Morgan fingerprint density at radius 1 is 1.50 bits per heavy atom. The lowest BCUT2D eigenvalue weighted by Gasteiger charge is -2.31. The van der Waals surface area contributed by atoms with Crippen molar-refractivity contribution in [2.24, 2.45) is 10.9 Å². The molecule has 8 nitrogen and oxygen atoms in total. The van der Waals surface area contributed by atoms with Gasteiger partial charge in [-0.1, -0.05) is 5.16 Å². The number of anilines is 1. The lowest BCUT2D eigenvalue weighted by Crippen LogP contribution is -2.38. The van der Waals surface area contributed by atoms with Crippen LogP contribution in [0.25, 0.3) is 0 Å². The van der Waals surface area contributed by atoms with Crippen molar-refractivity contribution in [2.45, 2.75) is 18.9 Å². The van der Waals surface area contributed by atoms with Crippen molar-refractivity contribution in [1.82, 2.24) is 9.97 Å². The Labute approximate surface area is 116 Å². The molecule has 0 atom stereocenters. The summed E-state index contributed by atoms with van der Waals surface area (Å²) in [6.45, 7) is 1.97. The fraction of sp³-hybridized carbons (Fsp3) is 0.583. The molecule has 0 bridgehead atoms. The zero-order chi connectivity index (χ0) is 14.4. The quantitative estimate of drug-likeness (QED) is 0.289. The predicted molar refractivity (Wildman–Crippen MR) is 72.8 cm³/mol. The van der Waals surface area contributed by atoms with Gasteiger partial charge in [0.05, 0.1) is 19.3 Å². The van der Waals surface area contributed by atoms with Crippen molar-refractivity contribution < 1.29 is 15.1 Å². The van der Waals surface area contributed by atoms with Gasteiger partial charge in [0.25, 0.3) is 0 Å². The van der Waals surface area contributed by atoms with Crippen molar-refractivity contribution in [2.75, 3.05) is 31.2 Å². The summed E-state index contributed by atoms with van der Waals surface area (Å²) in [7, 11) is 0. The molecule has 0 aromatic carbocycles. The number of piperidine rings is 1. The molecule has 2 rings (SSSR count). The van der Waals surface area contributed by atoms with Crippen LogP contribution in [0.2, 0.25) is 0 Å². The maximum atomic E-state index is 8.73. The number of oxime groups is 1. The van der Waals surface area contributed by atoms with E-state index >= 15 is 0 Å². The average Bonchev–Trinajstić information content (AvgIpc) is 2.52. The summed E-state index contributed by atoms with van der Waals surface area (Å²) >= 11 is 0.